The van der Waals surface area contributed by atoms with Crippen molar-refractivity contribution in [2.45, 2.75) is 6.92 Å². The van der Waals surface area contributed by atoms with Crippen molar-refractivity contribution in [1.29, 1.82) is 5.26 Å². The van der Waals surface area contributed by atoms with E-state index in [0.29, 0.717) is 5.56 Å². The first-order valence-corrected chi connectivity index (χ1v) is 4.24. The van der Waals surface area contributed by atoms with Gasteiger partial charge in [-0.05, 0) is 24.1 Å². The first kappa shape index (κ1) is 11.1. The van der Waals surface area contributed by atoms with Gasteiger partial charge in [0.1, 0.15) is 6.07 Å². The van der Waals surface area contributed by atoms with Crippen molar-refractivity contribution in [2.24, 2.45) is 0 Å². The Morgan fingerprint density at radius 3 is 2.60 bits per heavy atom. The number of nitro benzene ring substituents is 1. The number of nitriles is 1. The fourth-order valence-corrected chi connectivity index (χ4v) is 1.47. The Hall–Kier alpha value is -1.93. The third-order valence-electron chi connectivity index (χ3n) is 1.85. The van der Waals surface area contributed by atoms with Crippen molar-refractivity contribution in [1.82, 2.24) is 0 Å². The van der Waals surface area contributed by atoms with Crippen LogP contribution in [0.15, 0.2) is 12.1 Å². The zero-order valence-corrected chi connectivity index (χ0v) is 8.41. The van der Waals surface area contributed by atoms with Crippen molar-refractivity contribution in [2.75, 3.05) is 0 Å². The molecule has 0 fully saturated rings. The second kappa shape index (κ2) is 4.07. The Labute approximate surface area is 90.0 Å². The number of carbonyl (C=O) groups is 1. The molecule has 0 aliphatic rings. The van der Waals surface area contributed by atoms with Gasteiger partial charge < -0.3 is 0 Å². The van der Waals surface area contributed by atoms with Crippen molar-refractivity contribution >= 4 is 22.5 Å². The molecule has 0 spiro atoms. The van der Waals surface area contributed by atoms with Crippen LogP contribution < -0.4 is 0 Å². The van der Waals surface area contributed by atoms with E-state index >= 15 is 0 Å². The summed E-state index contributed by atoms with van der Waals surface area (Å²) < 4.78 is 0. The van der Waals surface area contributed by atoms with Crippen LogP contribution in [0.1, 0.15) is 21.5 Å². The van der Waals surface area contributed by atoms with Gasteiger partial charge in [-0.3, -0.25) is 14.9 Å². The van der Waals surface area contributed by atoms with Gasteiger partial charge in [0.2, 0.25) is 0 Å². The molecule has 0 radical (unpaired) electrons. The normalized spacial score (nSPS) is 9.40. The number of benzene rings is 1. The number of non-ortho nitro benzene ring substituents is 1. The zero-order valence-electron chi connectivity index (χ0n) is 7.65. The fraction of sp³-hybridized carbons (Fsp3) is 0.111. The molecule has 0 N–H and O–H groups in total. The number of aryl methyl sites for hydroxylation is 1. The molecular formula is C9H5ClN2O3. The van der Waals surface area contributed by atoms with Crippen LogP contribution in [-0.4, -0.2) is 10.2 Å². The predicted molar refractivity (Wildman–Crippen MR) is 52.7 cm³/mol. The average Bonchev–Trinajstić information content (AvgIpc) is 2.15. The third-order valence-corrected chi connectivity index (χ3v) is 2.04. The Bertz CT molecular complexity index is 491. The molecule has 0 amide bonds. The monoisotopic (exact) mass is 224 g/mol. The summed E-state index contributed by atoms with van der Waals surface area (Å²) in [6.45, 7) is 1.49. The first-order chi connectivity index (χ1) is 6.97. The number of carbonyl (C=O) groups excluding carboxylic acids is 1. The number of rotatable bonds is 2. The SMILES string of the molecule is Cc1cc([N+](=O)[O-])cc(C#N)c1C(=O)Cl. The number of halogens is 1. The molecule has 5 nitrogen and oxygen atoms in total. The molecule has 0 saturated carbocycles. The van der Waals surface area contributed by atoms with Crippen LogP contribution in [0.3, 0.4) is 0 Å². The van der Waals surface area contributed by atoms with Gasteiger partial charge in [-0.15, -0.1) is 0 Å². The largest absolute Gasteiger partial charge is 0.276 e. The van der Waals surface area contributed by atoms with Crippen LogP contribution in [0.4, 0.5) is 5.69 Å². The van der Waals surface area contributed by atoms with E-state index in [4.69, 9.17) is 16.9 Å². The van der Waals surface area contributed by atoms with Crippen molar-refractivity contribution in [3.63, 3.8) is 0 Å². The van der Waals surface area contributed by atoms with Crippen LogP contribution in [-0.2, 0) is 0 Å². The van der Waals surface area contributed by atoms with Gasteiger partial charge in [-0.1, -0.05) is 0 Å². The molecule has 0 unspecified atom stereocenters. The minimum absolute atomic E-state index is 0.0183. The molecule has 0 saturated heterocycles. The number of nitrogens with zero attached hydrogens (tertiary/aromatic N) is 2. The quantitative estimate of drug-likeness (QED) is 0.438. The lowest BCUT2D eigenvalue weighted by Gasteiger charge is -2.02. The van der Waals surface area contributed by atoms with E-state index < -0.39 is 10.2 Å². The highest BCUT2D eigenvalue weighted by molar-refractivity contribution is 6.68. The standard InChI is InChI=1S/C9H5ClN2O3/c1-5-2-7(12(14)15)3-6(4-11)8(5)9(10)13/h2-3H,1H3. The molecule has 1 aromatic rings. The topological polar surface area (TPSA) is 84.0 Å². The van der Waals surface area contributed by atoms with Gasteiger partial charge in [0.05, 0.1) is 16.1 Å². The summed E-state index contributed by atoms with van der Waals surface area (Å²) in [7, 11) is 0. The highest BCUT2D eigenvalue weighted by Gasteiger charge is 2.17. The Morgan fingerprint density at radius 2 is 2.20 bits per heavy atom. The van der Waals surface area contributed by atoms with Crippen LogP contribution in [0, 0.1) is 28.4 Å². The Balaban J connectivity index is 3.53. The van der Waals surface area contributed by atoms with Gasteiger partial charge in [0.15, 0.2) is 0 Å². The summed E-state index contributed by atoms with van der Waals surface area (Å²) in [6.07, 6.45) is 0. The van der Waals surface area contributed by atoms with Gasteiger partial charge >= 0.3 is 0 Å². The molecule has 0 bridgehead atoms. The molecule has 15 heavy (non-hydrogen) atoms. The van der Waals surface area contributed by atoms with E-state index in [9.17, 15) is 14.9 Å². The summed E-state index contributed by atoms with van der Waals surface area (Å²) in [5.74, 6) is 0. The smallest absolute Gasteiger partial charge is 0.271 e. The summed E-state index contributed by atoms with van der Waals surface area (Å²) >= 11 is 5.26. The van der Waals surface area contributed by atoms with Crippen molar-refractivity contribution in [3.05, 3.63) is 38.9 Å². The molecule has 76 valence electrons. The third kappa shape index (κ3) is 2.11. The minimum Gasteiger partial charge on any atom is -0.276 e. The van der Waals surface area contributed by atoms with Gasteiger partial charge in [-0.2, -0.15) is 5.26 Å². The number of nitro groups is 1. The lowest BCUT2D eigenvalue weighted by Crippen LogP contribution is -2.00. The predicted octanol–water partition coefficient (Wildman–Crippen LogP) is 2.15. The number of hydrogen-bond donors (Lipinski definition) is 0. The summed E-state index contributed by atoms with van der Waals surface area (Å²) in [5, 5.41) is 18.4. The second-order valence-electron chi connectivity index (χ2n) is 2.83. The summed E-state index contributed by atoms with van der Waals surface area (Å²) in [4.78, 5) is 20.8. The maximum atomic E-state index is 11.0. The van der Waals surface area contributed by atoms with E-state index in [2.05, 4.69) is 0 Å². The summed E-state index contributed by atoms with van der Waals surface area (Å²) in [6, 6.07) is 3.94. The fourth-order valence-electron chi connectivity index (χ4n) is 1.22. The molecule has 0 atom stereocenters. The zero-order chi connectivity index (χ0) is 11.6. The highest BCUT2D eigenvalue weighted by atomic mass is 35.5. The lowest BCUT2D eigenvalue weighted by atomic mass is 10.0. The van der Waals surface area contributed by atoms with E-state index in [1.54, 1.807) is 6.07 Å². The Kier molecular flexibility index (Phi) is 3.02. The maximum absolute atomic E-state index is 11.0. The van der Waals surface area contributed by atoms with Gasteiger partial charge in [0, 0.05) is 12.1 Å². The summed E-state index contributed by atoms with van der Waals surface area (Å²) in [5.41, 5.74) is 0.0259. The van der Waals surface area contributed by atoms with E-state index in [-0.39, 0.29) is 16.8 Å². The van der Waals surface area contributed by atoms with Gasteiger partial charge in [-0.25, -0.2) is 0 Å². The second-order valence-corrected chi connectivity index (χ2v) is 3.17. The lowest BCUT2D eigenvalue weighted by molar-refractivity contribution is -0.384. The molecule has 0 heterocycles. The van der Waals surface area contributed by atoms with Crippen LogP contribution in [0.25, 0.3) is 0 Å². The highest BCUT2D eigenvalue weighted by Crippen LogP contribution is 2.23. The molecule has 0 aliphatic heterocycles. The van der Waals surface area contributed by atoms with Crippen molar-refractivity contribution in [3.8, 4) is 6.07 Å². The van der Waals surface area contributed by atoms with Crippen LogP contribution >= 0.6 is 11.6 Å². The average molecular weight is 225 g/mol. The Morgan fingerprint density at radius 1 is 1.60 bits per heavy atom. The van der Waals surface area contributed by atoms with Crippen LogP contribution in [0.2, 0.25) is 0 Å². The van der Waals surface area contributed by atoms with Gasteiger partial charge in [0.25, 0.3) is 10.9 Å². The maximum Gasteiger partial charge on any atom is 0.271 e. The number of hydrogen-bond acceptors (Lipinski definition) is 4. The molecule has 0 aliphatic carbocycles. The first-order valence-electron chi connectivity index (χ1n) is 3.86. The minimum atomic E-state index is -0.793. The molecule has 1 aromatic carbocycles. The van der Waals surface area contributed by atoms with Crippen molar-refractivity contribution < 1.29 is 9.72 Å². The van der Waals surface area contributed by atoms with E-state index in [0.717, 1.165) is 6.07 Å². The van der Waals surface area contributed by atoms with E-state index in [1.807, 2.05) is 0 Å². The molecule has 6 heteroatoms. The molecule has 0 aromatic heterocycles. The van der Waals surface area contributed by atoms with E-state index in [1.165, 1.54) is 13.0 Å². The van der Waals surface area contributed by atoms with Crippen LogP contribution in [0.5, 0.6) is 0 Å². The molecule has 1 rings (SSSR count). The molecular weight excluding hydrogens is 220 g/mol.